The molecule has 0 radical (unpaired) electrons. The van der Waals surface area contributed by atoms with E-state index in [1.165, 1.54) is 18.2 Å². The van der Waals surface area contributed by atoms with Gasteiger partial charge >= 0.3 is 5.97 Å². The van der Waals surface area contributed by atoms with E-state index < -0.39 is 10.9 Å². The lowest BCUT2D eigenvalue weighted by Crippen LogP contribution is -2.21. The molecule has 0 fully saturated rings. The van der Waals surface area contributed by atoms with Gasteiger partial charge in [-0.05, 0) is 23.8 Å². The average molecular weight is 388 g/mol. The minimum atomic E-state index is -0.763. The van der Waals surface area contributed by atoms with Gasteiger partial charge in [-0.3, -0.25) is 10.1 Å². The third kappa shape index (κ3) is 3.98. The van der Waals surface area contributed by atoms with Gasteiger partial charge < -0.3 is 9.57 Å². The molecule has 1 atom stereocenters. The number of para-hydroxylation sites is 1. The largest absolute Gasteiger partial charge is 0.485 e. The van der Waals surface area contributed by atoms with Crippen molar-refractivity contribution in [2.24, 2.45) is 5.16 Å². The van der Waals surface area contributed by atoms with Gasteiger partial charge in [0.05, 0.1) is 16.2 Å². The number of carbonyl (C=O) groups excluding carboxylic acids is 1. The van der Waals surface area contributed by atoms with Crippen molar-refractivity contribution in [1.82, 2.24) is 0 Å². The van der Waals surface area contributed by atoms with E-state index in [0.717, 1.165) is 17.2 Å². The van der Waals surface area contributed by atoms with E-state index in [-0.39, 0.29) is 17.4 Å². The van der Waals surface area contributed by atoms with Crippen molar-refractivity contribution in [3.63, 3.8) is 0 Å². The normalized spacial score (nSPS) is 16.6. The number of rotatable bonds is 4. The number of carbonyl (C=O) groups is 1. The van der Waals surface area contributed by atoms with E-state index in [2.05, 4.69) is 5.16 Å². The number of ether oxygens (including phenoxy) is 1. The summed E-state index contributed by atoms with van der Waals surface area (Å²) in [6.45, 7) is 0. The SMILES string of the molecule is O=C(O/N=C1/C[C@H](c2ccccc2)Oc2ccccc21)c1cccc([N+](=O)[O-])c1. The second-order valence-electron chi connectivity index (χ2n) is 6.44. The zero-order valence-corrected chi connectivity index (χ0v) is 15.2. The maximum Gasteiger partial charge on any atom is 0.365 e. The van der Waals surface area contributed by atoms with Crippen molar-refractivity contribution in [3.05, 3.63) is 106 Å². The van der Waals surface area contributed by atoms with E-state index in [0.29, 0.717) is 17.9 Å². The average Bonchev–Trinajstić information content (AvgIpc) is 2.77. The van der Waals surface area contributed by atoms with Gasteiger partial charge in [-0.2, -0.15) is 0 Å². The molecule has 1 aliphatic rings. The summed E-state index contributed by atoms with van der Waals surface area (Å²) in [5, 5.41) is 15.0. The molecule has 29 heavy (non-hydrogen) atoms. The van der Waals surface area contributed by atoms with E-state index in [1.807, 2.05) is 54.6 Å². The Hall–Kier alpha value is -4.00. The molecule has 1 heterocycles. The molecule has 3 aromatic rings. The number of hydrogen-bond donors (Lipinski definition) is 0. The predicted molar refractivity (Wildman–Crippen MR) is 106 cm³/mol. The summed E-state index contributed by atoms with van der Waals surface area (Å²) >= 11 is 0. The van der Waals surface area contributed by atoms with Gasteiger partial charge in [0.2, 0.25) is 0 Å². The highest BCUT2D eigenvalue weighted by molar-refractivity contribution is 6.04. The van der Waals surface area contributed by atoms with Crippen LogP contribution in [0.5, 0.6) is 5.75 Å². The molecule has 7 nitrogen and oxygen atoms in total. The minimum absolute atomic E-state index is 0.0588. The van der Waals surface area contributed by atoms with Crippen LogP contribution in [0.25, 0.3) is 0 Å². The molecule has 0 N–H and O–H groups in total. The topological polar surface area (TPSA) is 91.0 Å². The summed E-state index contributed by atoms with van der Waals surface area (Å²) in [4.78, 5) is 27.8. The van der Waals surface area contributed by atoms with E-state index >= 15 is 0 Å². The summed E-state index contributed by atoms with van der Waals surface area (Å²) in [6.07, 6.45) is 0.157. The van der Waals surface area contributed by atoms with Gasteiger partial charge in [0.1, 0.15) is 11.9 Å². The van der Waals surface area contributed by atoms with Crippen LogP contribution in [0.4, 0.5) is 5.69 Å². The first kappa shape index (κ1) is 18.4. The summed E-state index contributed by atoms with van der Waals surface area (Å²) < 4.78 is 6.09. The summed E-state index contributed by atoms with van der Waals surface area (Å²) in [5.41, 5.74) is 2.17. The van der Waals surface area contributed by atoms with Gasteiger partial charge in [-0.1, -0.05) is 53.7 Å². The first-order valence-corrected chi connectivity index (χ1v) is 8.95. The van der Waals surface area contributed by atoms with Crippen LogP contribution in [0, 0.1) is 10.1 Å². The maximum absolute atomic E-state index is 12.3. The molecular formula is C22H16N2O5. The van der Waals surface area contributed by atoms with Crippen molar-refractivity contribution in [1.29, 1.82) is 0 Å². The van der Waals surface area contributed by atoms with Gasteiger partial charge in [0.15, 0.2) is 0 Å². The first-order valence-electron chi connectivity index (χ1n) is 8.95. The van der Waals surface area contributed by atoms with Crippen molar-refractivity contribution < 1.29 is 19.3 Å². The Balaban J connectivity index is 1.60. The lowest BCUT2D eigenvalue weighted by molar-refractivity contribution is -0.384. The fraction of sp³-hybridized carbons (Fsp3) is 0.0909. The number of non-ortho nitro benzene ring substituents is 1. The number of benzene rings is 3. The highest BCUT2D eigenvalue weighted by Gasteiger charge is 2.27. The Bertz CT molecular complexity index is 1100. The monoisotopic (exact) mass is 388 g/mol. The second-order valence-corrected chi connectivity index (χ2v) is 6.44. The van der Waals surface area contributed by atoms with Crippen LogP contribution >= 0.6 is 0 Å². The molecule has 1 aliphatic heterocycles. The second kappa shape index (κ2) is 7.93. The van der Waals surface area contributed by atoms with E-state index in [9.17, 15) is 14.9 Å². The quantitative estimate of drug-likeness (QED) is 0.368. The highest BCUT2D eigenvalue weighted by atomic mass is 16.7. The van der Waals surface area contributed by atoms with Crippen LogP contribution < -0.4 is 4.74 Å². The number of fused-ring (bicyclic) bond motifs is 1. The molecular weight excluding hydrogens is 372 g/mol. The fourth-order valence-corrected chi connectivity index (χ4v) is 3.12. The van der Waals surface area contributed by atoms with Crippen LogP contribution in [0.3, 0.4) is 0 Å². The van der Waals surface area contributed by atoms with Gasteiger partial charge in [0, 0.05) is 24.1 Å². The van der Waals surface area contributed by atoms with E-state index in [1.54, 1.807) is 0 Å². The predicted octanol–water partition coefficient (Wildman–Crippen LogP) is 4.68. The summed E-state index contributed by atoms with van der Waals surface area (Å²) in [6, 6.07) is 22.4. The maximum atomic E-state index is 12.3. The number of nitro groups is 1. The molecule has 0 amide bonds. The molecule has 0 aromatic heterocycles. The molecule has 7 heteroatoms. The zero-order chi connectivity index (χ0) is 20.2. The number of nitrogens with zero attached hydrogens (tertiary/aromatic N) is 2. The lowest BCUT2D eigenvalue weighted by atomic mass is 9.96. The van der Waals surface area contributed by atoms with E-state index in [4.69, 9.17) is 9.57 Å². The molecule has 0 spiro atoms. The molecule has 4 rings (SSSR count). The van der Waals surface area contributed by atoms with Crippen LogP contribution in [-0.4, -0.2) is 16.6 Å². The first-order chi connectivity index (χ1) is 14.1. The standard InChI is InChI=1S/C22H16N2O5/c25-22(16-9-6-10-17(13-16)24(26)27)29-23-19-14-21(15-7-2-1-3-8-15)28-20-12-5-4-11-18(19)20/h1-13,21H,14H2/b23-19-/t21-/m1/s1. The van der Waals surface area contributed by atoms with Gasteiger partial charge in [-0.25, -0.2) is 4.79 Å². The van der Waals surface area contributed by atoms with Gasteiger partial charge in [-0.15, -0.1) is 0 Å². The van der Waals surface area contributed by atoms with Crippen molar-refractivity contribution >= 4 is 17.4 Å². The van der Waals surface area contributed by atoms with Crippen LogP contribution in [-0.2, 0) is 4.84 Å². The zero-order valence-electron chi connectivity index (χ0n) is 15.2. The van der Waals surface area contributed by atoms with Crippen LogP contribution in [0.1, 0.15) is 34.0 Å². The molecule has 0 saturated heterocycles. The number of nitro benzene ring substituents is 1. The number of hydrogen-bond acceptors (Lipinski definition) is 6. The third-order valence-electron chi connectivity index (χ3n) is 4.55. The molecule has 0 saturated carbocycles. The summed E-state index contributed by atoms with van der Waals surface area (Å²) in [5.74, 6) is -0.112. The molecule has 3 aromatic carbocycles. The van der Waals surface area contributed by atoms with Crippen molar-refractivity contribution in [2.45, 2.75) is 12.5 Å². The Morgan fingerprint density at radius 3 is 2.59 bits per heavy atom. The lowest BCUT2D eigenvalue weighted by Gasteiger charge is -2.27. The third-order valence-corrected chi connectivity index (χ3v) is 4.55. The smallest absolute Gasteiger partial charge is 0.365 e. The minimum Gasteiger partial charge on any atom is -0.485 e. The Kier molecular flexibility index (Phi) is 5.03. The Morgan fingerprint density at radius 1 is 1.03 bits per heavy atom. The molecule has 0 unspecified atom stereocenters. The Morgan fingerprint density at radius 2 is 1.79 bits per heavy atom. The molecule has 0 aliphatic carbocycles. The van der Waals surface area contributed by atoms with Crippen LogP contribution in [0.15, 0.2) is 84.0 Å². The van der Waals surface area contributed by atoms with Crippen molar-refractivity contribution in [3.8, 4) is 5.75 Å². The summed E-state index contributed by atoms with van der Waals surface area (Å²) in [7, 11) is 0. The van der Waals surface area contributed by atoms with Gasteiger partial charge in [0.25, 0.3) is 5.69 Å². The highest BCUT2D eigenvalue weighted by Crippen LogP contribution is 2.35. The molecule has 144 valence electrons. The fourth-order valence-electron chi connectivity index (χ4n) is 3.12. The van der Waals surface area contributed by atoms with Crippen molar-refractivity contribution in [2.75, 3.05) is 0 Å². The Labute approximate surface area is 166 Å². The number of oxime groups is 1. The van der Waals surface area contributed by atoms with Crippen LogP contribution in [0.2, 0.25) is 0 Å². The molecule has 0 bridgehead atoms.